The van der Waals surface area contributed by atoms with Gasteiger partial charge in [-0.1, -0.05) is 12.1 Å². The summed E-state index contributed by atoms with van der Waals surface area (Å²) in [6, 6.07) is 10.7. The third-order valence-electron chi connectivity index (χ3n) is 5.00. The highest BCUT2D eigenvalue weighted by atomic mass is 19.4. The van der Waals surface area contributed by atoms with Crippen molar-refractivity contribution in [1.29, 1.82) is 0 Å². The lowest BCUT2D eigenvalue weighted by atomic mass is 9.94. The maximum atomic E-state index is 13.3. The second-order valence-corrected chi connectivity index (χ2v) is 6.77. The topological polar surface area (TPSA) is 33.7 Å². The van der Waals surface area contributed by atoms with Crippen molar-refractivity contribution in [2.24, 2.45) is 0 Å². The zero-order valence-electron chi connectivity index (χ0n) is 16.1. The van der Waals surface area contributed by atoms with Crippen molar-refractivity contribution in [2.75, 3.05) is 40.4 Å². The molecule has 0 spiro atoms. The Morgan fingerprint density at radius 2 is 1.82 bits per heavy atom. The van der Waals surface area contributed by atoms with Crippen molar-refractivity contribution < 1.29 is 22.6 Å². The van der Waals surface area contributed by atoms with Gasteiger partial charge in [-0.15, -0.1) is 0 Å². The van der Waals surface area contributed by atoms with Gasteiger partial charge in [0.25, 0.3) is 0 Å². The third-order valence-corrected chi connectivity index (χ3v) is 5.00. The van der Waals surface area contributed by atoms with E-state index in [1.165, 1.54) is 12.1 Å². The molecule has 0 saturated carbocycles. The van der Waals surface area contributed by atoms with Crippen molar-refractivity contribution in [3.8, 4) is 11.5 Å². The number of ether oxygens (including phenoxy) is 2. The van der Waals surface area contributed by atoms with E-state index in [2.05, 4.69) is 10.2 Å². The molecule has 1 N–H and O–H groups in total. The van der Waals surface area contributed by atoms with Gasteiger partial charge < -0.3 is 14.8 Å². The number of hydrogen-bond acceptors (Lipinski definition) is 4. The molecule has 1 atom stereocenters. The predicted octanol–water partition coefficient (Wildman–Crippen LogP) is 4.11. The molecule has 1 saturated heterocycles. The van der Waals surface area contributed by atoms with E-state index in [9.17, 15) is 13.2 Å². The Kier molecular flexibility index (Phi) is 6.46. The fourth-order valence-electron chi connectivity index (χ4n) is 3.64. The smallest absolute Gasteiger partial charge is 0.416 e. The van der Waals surface area contributed by atoms with Crippen LogP contribution in [0.15, 0.2) is 42.5 Å². The van der Waals surface area contributed by atoms with Crippen LogP contribution < -0.4 is 14.8 Å². The number of alkyl halides is 3. The summed E-state index contributed by atoms with van der Waals surface area (Å²) in [7, 11) is 3.13. The van der Waals surface area contributed by atoms with E-state index in [0.29, 0.717) is 17.1 Å². The van der Waals surface area contributed by atoms with Gasteiger partial charge in [0.1, 0.15) is 11.5 Å². The van der Waals surface area contributed by atoms with E-state index < -0.39 is 11.7 Å². The van der Waals surface area contributed by atoms with Gasteiger partial charge in [-0.05, 0) is 42.8 Å². The second-order valence-electron chi connectivity index (χ2n) is 6.77. The molecule has 2 aromatic rings. The zero-order chi connectivity index (χ0) is 20.1. The lowest BCUT2D eigenvalue weighted by molar-refractivity contribution is -0.137. The van der Waals surface area contributed by atoms with Crippen LogP contribution in [0.4, 0.5) is 13.2 Å². The molecule has 0 aliphatic carbocycles. The van der Waals surface area contributed by atoms with Crippen LogP contribution >= 0.6 is 0 Å². The van der Waals surface area contributed by atoms with Crippen molar-refractivity contribution in [1.82, 2.24) is 10.2 Å². The van der Waals surface area contributed by atoms with Crippen LogP contribution in [0.3, 0.4) is 0 Å². The minimum absolute atomic E-state index is 0.344. The van der Waals surface area contributed by atoms with E-state index in [1.807, 2.05) is 12.1 Å². The van der Waals surface area contributed by atoms with E-state index in [-0.39, 0.29) is 6.04 Å². The highest BCUT2D eigenvalue weighted by Crippen LogP contribution is 2.39. The maximum absolute atomic E-state index is 13.3. The molecule has 1 fully saturated rings. The molecule has 2 aromatic carbocycles. The first kappa shape index (κ1) is 20.5. The SMILES string of the molecule is COc1ccc(C(c2cccc(C(F)(F)F)c2)N2CCCNCC2)c(OC)c1. The molecule has 0 amide bonds. The van der Waals surface area contributed by atoms with Gasteiger partial charge in [0.2, 0.25) is 0 Å². The number of benzene rings is 2. The van der Waals surface area contributed by atoms with Crippen molar-refractivity contribution >= 4 is 0 Å². The normalized spacial score (nSPS) is 17.0. The van der Waals surface area contributed by atoms with E-state index >= 15 is 0 Å². The Bertz CT molecular complexity index is 787. The highest BCUT2D eigenvalue weighted by molar-refractivity contribution is 5.47. The average molecular weight is 394 g/mol. The molecule has 7 heteroatoms. The van der Waals surface area contributed by atoms with Gasteiger partial charge in [0.15, 0.2) is 0 Å². The molecule has 0 bridgehead atoms. The fourth-order valence-corrected chi connectivity index (χ4v) is 3.64. The minimum Gasteiger partial charge on any atom is -0.497 e. The Balaban J connectivity index is 2.11. The van der Waals surface area contributed by atoms with Gasteiger partial charge >= 0.3 is 6.18 Å². The summed E-state index contributed by atoms with van der Waals surface area (Å²) in [5.74, 6) is 1.24. The van der Waals surface area contributed by atoms with Gasteiger partial charge in [-0.3, -0.25) is 4.90 Å². The first-order valence-electron chi connectivity index (χ1n) is 9.28. The van der Waals surface area contributed by atoms with E-state index in [4.69, 9.17) is 9.47 Å². The largest absolute Gasteiger partial charge is 0.497 e. The van der Waals surface area contributed by atoms with Crippen LogP contribution in [0.25, 0.3) is 0 Å². The minimum atomic E-state index is -4.38. The quantitative estimate of drug-likeness (QED) is 0.828. The number of nitrogens with one attached hydrogen (secondary N) is 1. The summed E-state index contributed by atoms with van der Waals surface area (Å²) in [5.41, 5.74) is 0.778. The Morgan fingerprint density at radius 3 is 2.54 bits per heavy atom. The molecule has 1 aliphatic heterocycles. The Hall–Kier alpha value is -2.25. The molecule has 0 radical (unpaired) electrons. The molecule has 1 heterocycles. The summed E-state index contributed by atoms with van der Waals surface area (Å²) < 4.78 is 50.8. The van der Waals surface area contributed by atoms with E-state index in [1.54, 1.807) is 26.4 Å². The zero-order valence-corrected chi connectivity index (χ0v) is 16.1. The van der Waals surface area contributed by atoms with Crippen LogP contribution in [0.5, 0.6) is 11.5 Å². The second kappa shape index (κ2) is 8.84. The lowest BCUT2D eigenvalue weighted by Crippen LogP contribution is -2.33. The maximum Gasteiger partial charge on any atom is 0.416 e. The molecule has 3 rings (SSSR count). The first-order chi connectivity index (χ1) is 13.4. The highest BCUT2D eigenvalue weighted by Gasteiger charge is 2.33. The molecular weight excluding hydrogens is 369 g/mol. The van der Waals surface area contributed by atoms with Crippen molar-refractivity contribution in [3.63, 3.8) is 0 Å². The molecular formula is C21H25F3N2O2. The fraction of sp³-hybridized carbons (Fsp3) is 0.429. The molecule has 0 aromatic heterocycles. The summed E-state index contributed by atoms with van der Waals surface area (Å²) in [6.07, 6.45) is -3.46. The predicted molar refractivity (Wildman–Crippen MR) is 102 cm³/mol. The molecule has 28 heavy (non-hydrogen) atoms. The van der Waals surface area contributed by atoms with Crippen LogP contribution in [-0.4, -0.2) is 45.3 Å². The van der Waals surface area contributed by atoms with Gasteiger partial charge in [0, 0.05) is 31.3 Å². The molecule has 4 nitrogen and oxygen atoms in total. The summed E-state index contributed by atoms with van der Waals surface area (Å²) in [6.45, 7) is 3.19. The van der Waals surface area contributed by atoms with Crippen molar-refractivity contribution in [3.05, 3.63) is 59.2 Å². The first-order valence-corrected chi connectivity index (χ1v) is 9.28. The molecule has 1 unspecified atom stereocenters. The number of methoxy groups -OCH3 is 2. The monoisotopic (exact) mass is 394 g/mol. The van der Waals surface area contributed by atoms with Gasteiger partial charge in [-0.2, -0.15) is 13.2 Å². The average Bonchev–Trinajstić information content (AvgIpc) is 2.97. The Labute approximate surface area is 163 Å². The van der Waals surface area contributed by atoms with Crippen molar-refractivity contribution in [2.45, 2.75) is 18.6 Å². The van der Waals surface area contributed by atoms with E-state index in [0.717, 1.165) is 44.2 Å². The standard InChI is InChI=1S/C21H25F3N2O2/c1-27-17-7-8-18(19(14-17)28-2)20(26-11-4-9-25-10-12-26)15-5-3-6-16(13-15)21(22,23)24/h3,5-8,13-14,20,25H,4,9-12H2,1-2H3. The Morgan fingerprint density at radius 1 is 1.00 bits per heavy atom. The molecule has 152 valence electrons. The van der Waals surface area contributed by atoms with Gasteiger partial charge in [0.05, 0.1) is 25.8 Å². The summed E-state index contributed by atoms with van der Waals surface area (Å²) in [4.78, 5) is 2.21. The van der Waals surface area contributed by atoms with Crippen LogP contribution in [0.2, 0.25) is 0 Å². The number of halogens is 3. The number of rotatable bonds is 5. The summed E-state index contributed by atoms with van der Waals surface area (Å²) >= 11 is 0. The lowest BCUT2D eigenvalue weighted by Gasteiger charge is -2.32. The molecule has 1 aliphatic rings. The number of hydrogen-bond donors (Lipinski definition) is 1. The third kappa shape index (κ3) is 4.59. The van der Waals surface area contributed by atoms with Gasteiger partial charge in [-0.25, -0.2) is 0 Å². The van der Waals surface area contributed by atoms with Crippen LogP contribution in [-0.2, 0) is 6.18 Å². The number of nitrogens with zero attached hydrogens (tertiary/aromatic N) is 1. The van der Waals surface area contributed by atoms with Crippen LogP contribution in [0.1, 0.15) is 29.2 Å². The van der Waals surface area contributed by atoms with Crippen LogP contribution in [0, 0.1) is 0 Å². The summed E-state index contributed by atoms with van der Waals surface area (Å²) in [5, 5.41) is 3.34.